The first-order valence-electron chi connectivity index (χ1n) is 5.17. The highest BCUT2D eigenvalue weighted by atomic mass is 32.1. The van der Waals surface area contributed by atoms with Crippen molar-refractivity contribution in [3.8, 4) is 23.2 Å². The molecule has 2 aromatic heterocycles. The molecule has 0 aliphatic carbocycles. The molecule has 5 nitrogen and oxygen atoms in total. The average Bonchev–Trinajstić information content (AvgIpc) is 3.10. The SMILES string of the molecule is C(#Cc1nccs1)c1cccc(-c2nn[nH]n2)c1. The number of H-pyrrole nitrogens is 1. The van der Waals surface area contributed by atoms with Gasteiger partial charge >= 0.3 is 0 Å². The van der Waals surface area contributed by atoms with Crippen LogP contribution in [0.5, 0.6) is 0 Å². The Kier molecular flexibility index (Phi) is 2.82. The third kappa shape index (κ3) is 2.26. The van der Waals surface area contributed by atoms with Crippen LogP contribution in [0.1, 0.15) is 10.6 Å². The summed E-state index contributed by atoms with van der Waals surface area (Å²) >= 11 is 1.52. The van der Waals surface area contributed by atoms with E-state index in [4.69, 9.17) is 0 Å². The van der Waals surface area contributed by atoms with Crippen LogP contribution in [-0.4, -0.2) is 25.6 Å². The van der Waals surface area contributed by atoms with Crippen molar-refractivity contribution in [1.82, 2.24) is 25.6 Å². The summed E-state index contributed by atoms with van der Waals surface area (Å²) in [5.74, 6) is 6.63. The molecule has 6 heteroatoms. The van der Waals surface area contributed by atoms with Crippen LogP contribution in [0.3, 0.4) is 0 Å². The predicted molar refractivity (Wildman–Crippen MR) is 67.7 cm³/mol. The highest BCUT2D eigenvalue weighted by Crippen LogP contribution is 2.14. The minimum Gasteiger partial charge on any atom is -0.236 e. The lowest BCUT2D eigenvalue weighted by Gasteiger charge is -1.94. The van der Waals surface area contributed by atoms with Gasteiger partial charge in [-0.2, -0.15) is 5.21 Å². The third-order valence-corrected chi connectivity index (χ3v) is 2.90. The van der Waals surface area contributed by atoms with Crippen LogP contribution in [0.2, 0.25) is 0 Å². The number of nitrogens with one attached hydrogen (secondary N) is 1. The van der Waals surface area contributed by atoms with E-state index in [-0.39, 0.29) is 0 Å². The molecule has 0 amide bonds. The molecular formula is C12H7N5S. The molecule has 3 aromatic rings. The summed E-state index contributed by atoms with van der Waals surface area (Å²) in [4.78, 5) is 4.11. The number of tetrazole rings is 1. The summed E-state index contributed by atoms with van der Waals surface area (Å²) in [5.41, 5.74) is 1.78. The summed E-state index contributed by atoms with van der Waals surface area (Å²) in [7, 11) is 0. The van der Waals surface area contributed by atoms with E-state index in [0.29, 0.717) is 5.82 Å². The van der Waals surface area contributed by atoms with Crippen LogP contribution >= 0.6 is 11.3 Å². The van der Waals surface area contributed by atoms with Crippen LogP contribution in [0, 0.1) is 11.8 Å². The molecule has 0 saturated carbocycles. The van der Waals surface area contributed by atoms with Gasteiger partial charge < -0.3 is 0 Å². The molecule has 0 aliphatic heterocycles. The van der Waals surface area contributed by atoms with Crippen LogP contribution in [0.15, 0.2) is 35.8 Å². The Morgan fingerprint density at radius 3 is 3.00 bits per heavy atom. The monoisotopic (exact) mass is 253 g/mol. The maximum absolute atomic E-state index is 4.11. The summed E-state index contributed by atoms with van der Waals surface area (Å²) in [6, 6.07) is 7.69. The van der Waals surface area contributed by atoms with Crippen molar-refractivity contribution in [2.75, 3.05) is 0 Å². The van der Waals surface area contributed by atoms with E-state index >= 15 is 0 Å². The van der Waals surface area contributed by atoms with Crippen molar-refractivity contribution in [2.45, 2.75) is 0 Å². The van der Waals surface area contributed by atoms with E-state index in [9.17, 15) is 0 Å². The second kappa shape index (κ2) is 4.77. The van der Waals surface area contributed by atoms with Gasteiger partial charge in [0.1, 0.15) is 0 Å². The standard InChI is InChI=1S/C12H7N5S/c1-2-9(4-5-11-13-6-7-18-11)8-10(3-1)12-14-16-17-15-12/h1-3,6-8H,(H,14,15,16,17). The molecule has 0 saturated heterocycles. The first-order chi connectivity index (χ1) is 8.92. The molecule has 0 bridgehead atoms. The first-order valence-corrected chi connectivity index (χ1v) is 6.05. The Bertz CT molecular complexity index is 692. The van der Waals surface area contributed by atoms with Gasteiger partial charge in [-0.25, -0.2) is 4.98 Å². The molecule has 3 rings (SSSR count). The Labute approximate surface area is 107 Å². The van der Waals surface area contributed by atoms with Crippen molar-refractivity contribution in [3.63, 3.8) is 0 Å². The minimum atomic E-state index is 0.563. The fourth-order valence-corrected chi connectivity index (χ4v) is 1.91. The van der Waals surface area contributed by atoms with E-state index in [0.717, 1.165) is 16.1 Å². The number of rotatable bonds is 1. The van der Waals surface area contributed by atoms with Gasteiger partial charge in [0, 0.05) is 22.7 Å². The lowest BCUT2D eigenvalue weighted by Crippen LogP contribution is -1.82. The Morgan fingerprint density at radius 1 is 1.22 bits per heavy atom. The fourth-order valence-electron chi connectivity index (χ4n) is 1.43. The summed E-state index contributed by atoms with van der Waals surface area (Å²) < 4.78 is 0. The van der Waals surface area contributed by atoms with Gasteiger partial charge in [-0.3, -0.25) is 0 Å². The lowest BCUT2D eigenvalue weighted by atomic mass is 10.1. The van der Waals surface area contributed by atoms with Gasteiger partial charge in [0.05, 0.1) is 0 Å². The number of hydrogen-bond donors (Lipinski definition) is 1. The van der Waals surface area contributed by atoms with E-state index in [1.807, 2.05) is 29.6 Å². The van der Waals surface area contributed by atoms with E-state index in [1.165, 1.54) is 11.3 Å². The molecule has 0 atom stereocenters. The first kappa shape index (κ1) is 10.6. The van der Waals surface area contributed by atoms with Crippen molar-refractivity contribution in [1.29, 1.82) is 0 Å². The predicted octanol–water partition coefficient (Wildman–Crippen LogP) is 1.72. The summed E-state index contributed by atoms with van der Waals surface area (Å²) in [6.45, 7) is 0. The van der Waals surface area contributed by atoms with Crippen LogP contribution < -0.4 is 0 Å². The maximum atomic E-state index is 4.11. The Hall–Kier alpha value is -2.52. The van der Waals surface area contributed by atoms with Gasteiger partial charge in [-0.05, 0) is 23.3 Å². The second-order valence-corrected chi connectivity index (χ2v) is 4.30. The van der Waals surface area contributed by atoms with Crippen molar-refractivity contribution < 1.29 is 0 Å². The highest BCUT2D eigenvalue weighted by Gasteiger charge is 2.02. The molecule has 86 valence electrons. The second-order valence-electron chi connectivity index (χ2n) is 3.40. The zero-order valence-electron chi connectivity index (χ0n) is 9.16. The quantitative estimate of drug-likeness (QED) is 0.670. The smallest absolute Gasteiger partial charge is 0.204 e. The van der Waals surface area contributed by atoms with Crippen molar-refractivity contribution >= 4 is 11.3 Å². The van der Waals surface area contributed by atoms with Gasteiger partial charge in [0.25, 0.3) is 0 Å². The molecule has 0 fully saturated rings. The molecule has 0 spiro atoms. The fraction of sp³-hybridized carbons (Fsp3) is 0. The topological polar surface area (TPSA) is 67.3 Å². The zero-order valence-corrected chi connectivity index (χ0v) is 9.98. The normalized spacial score (nSPS) is 9.78. The van der Waals surface area contributed by atoms with Crippen LogP contribution in [-0.2, 0) is 0 Å². The van der Waals surface area contributed by atoms with Crippen molar-refractivity contribution in [3.05, 3.63) is 46.4 Å². The van der Waals surface area contributed by atoms with Gasteiger partial charge in [0.2, 0.25) is 5.82 Å². The summed E-state index contributed by atoms with van der Waals surface area (Å²) in [6.07, 6.45) is 1.74. The van der Waals surface area contributed by atoms with E-state index in [1.54, 1.807) is 6.20 Å². The van der Waals surface area contributed by atoms with E-state index in [2.05, 4.69) is 37.4 Å². The highest BCUT2D eigenvalue weighted by molar-refractivity contribution is 7.10. The Balaban J connectivity index is 1.92. The van der Waals surface area contributed by atoms with Crippen LogP contribution in [0.25, 0.3) is 11.4 Å². The number of nitrogens with zero attached hydrogens (tertiary/aromatic N) is 4. The number of aromatic amines is 1. The van der Waals surface area contributed by atoms with Crippen LogP contribution in [0.4, 0.5) is 0 Å². The number of hydrogen-bond acceptors (Lipinski definition) is 5. The molecular weight excluding hydrogens is 246 g/mol. The molecule has 0 aliphatic rings. The van der Waals surface area contributed by atoms with Gasteiger partial charge in [0.15, 0.2) is 5.01 Å². The molecule has 0 unspecified atom stereocenters. The number of thiazole rings is 1. The van der Waals surface area contributed by atoms with Crippen molar-refractivity contribution in [2.24, 2.45) is 0 Å². The minimum absolute atomic E-state index is 0.563. The van der Waals surface area contributed by atoms with Gasteiger partial charge in [-0.1, -0.05) is 18.1 Å². The average molecular weight is 253 g/mol. The molecule has 18 heavy (non-hydrogen) atoms. The molecule has 1 N–H and O–H groups in total. The molecule has 1 aromatic carbocycles. The zero-order chi connectivity index (χ0) is 12.2. The van der Waals surface area contributed by atoms with Gasteiger partial charge in [-0.15, -0.1) is 21.5 Å². The Morgan fingerprint density at radius 2 is 2.22 bits per heavy atom. The molecule has 2 heterocycles. The third-order valence-electron chi connectivity index (χ3n) is 2.21. The number of benzene rings is 1. The maximum Gasteiger partial charge on any atom is 0.204 e. The lowest BCUT2D eigenvalue weighted by molar-refractivity contribution is 0.881. The molecule has 0 radical (unpaired) electrons. The number of aromatic nitrogens is 5. The summed E-state index contributed by atoms with van der Waals surface area (Å²) in [5, 5.41) is 16.5. The van der Waals surface area contributed by atoms with E-state index < -0.39 is 0 Å². The largest absolute Gasteiger partial charge is 0.236 e.